The second-order valence-electron chi connectivity index (χ2n) is 7.71. The number of hydrogen-bond acceptors (Lipinski definition) is 3. The van der Waals surface area contributed by atoms with Crippen LogP contribution in [-0.2, 0) is 18.3 Å². The largest absolute Gasteiger partial charge is 0.441 e. The average molecular weight is 413 g/mol. The molecule has 1 aliphatic rings. The number of carbonyl (C=O) groups is 1. The number of aryl methyl sites for hydroxylation is 2. The molecule has 7 heteroatoms. The maximum absolute atomic E-state index is 14.0. The van der Waals surface area contributed by atoms with Crippen molar-refractivity contribution in [2.75, 3.05) is 6.54 Å². The molecule has 0 spiro atoms. The summed E-state index contributed by atoms with van der Waals surface area (Å²) in [5, 5.41) is 0. The van der Waals surface area contributed by atoms with E-state index in [1.165, 1.54) is 24.4 Å². The molecule has 1 fully saturated rings. The van der Waals surface area contributed by atoms with E-state index in [-0.39, 0.29) is 36.1 Å². The Balaban J connectivity index is 1.46. The van der Waals surface area contributed by atoms with Gasteiger partial charge in [-0.15, -0.1) is 0 Å². The number of carbonyl (C=O) groups excluding carboxylic acids is 1. The Morgan fingerprint density at radius 3 is 2.70 bits per heavy atom. The van der Waals surface area contributed by atoms with Crippen LogP contribution in [0.25, 0.3) is 11.3 Å². The number of aromatic nitrogens is 2. The maximum atomic E-state index is 14.0. The normalized spacial score (nSPS) is 17.2. The average Bonchev–Trinajstić information content (AvgIpc) is 3.28. The second kappa shape index (κ2) is 8.81. The molecular formula is C23H25F2N3O2. The van der Waals surface area contributed by atoms with Crippen molar-refractivity contribution in [1.82, 2.24) is 14.5 Å². The molecule has 30 heavy (non-hydrogen) atoms. The van der Waals surface area contributed by atoms with Gasteiger partial charge >= 0.3 is 0 Å². The lowest BCUT2D eigenvalue weighted by molar-refractivity contribution is -0.133. The topological polar surface area (TPSA) is 51.3 Å². The van der Waals surface area contributed by atoms with Crippen LogP contribution in [0.4, 0.5) is 8.78 Å². The molecule has 5 nitrogen and oxygen atoms in total. The summed E-state index contributed by atoms with van der Waals surface area (Å²) < 4.78 is 35.5. The summed E-state index contributed by atoms with van der Waals surface area (Å²) in [6, 6.07) is 7.78. The Hall–Kier alpha value is -2.96. The van der Waals surface area contributed by atoms with Crippen LogP contribution < -0.4 is 0 Å². The Morgan fingerprint density at radius 2 is 1.97 bits per heavy atom. The molecule has 0 radical (unpaired) electrons. The number of hydrogen-bond donors (Lipinski definition) is 0. The van der Waals surface area contributed by atoms with E-state index in [2.05, 4.69) is 15.6 Å². The lowest BCUT2D eigenvalue weighted by Crippen LogP contribution is -2.35. The molecule has 0 bridgehead atoms. The van der Waals surface area contributed by atoms with E-state index in [0.717, 1.165) is 37.9 Å². The fourth-order valence-corrected chi connectivity index (χ4v) is 4.17. The first-order chi connectivity index (χ1) is 14.5. The van der Waals surface area contributed by atoms with Crippen LogP contribution in [0.1, 0.15) is 49.7 Å². The van der Waals surface area contributed by atoms with Gasteiger partial charge < -0.3 is 13.9 Å². The summed E-state index contributed by atoms with van der Waals surface area (Å²) in [6.07, 6.45) is 7.96. The first kappa shape index (κ1) is 20.3. The third-order valence-electron chi connectivity index (χ3n) is 5.71. The van der Waals surface area contributed by atoms with Crippen molar-refractivity contribution >= 4 is 5.91 Å². The Labute approximate surface area is 174 Å². The number of benzene rings is 1. The van der Waals surface area contributed by atoms with Crippen LogP contribution in [0.2, 0.25) is 0 Å². The van der Waals surface area contributed by atoms with Crippen molar-refractivity contribution in [1.29, 1.82) is 0 Å². The summed E-state index contributed by atoms with van der Waals surface area (Å²) in [5.41, 5.74) is 0.901. The van der Waals surface area contributed by atoms with Gasteiger partial charge in [-0.25, -0.2) is 13.8 Å². The molecule has 158 valence electrons. The number of halogens is 2. The molecule has 1 amide bonds. The smallest absolute Gasteiger partial charge is 0.223 e. The number of nitrogens with zero attached hydrogens (tertiary/aromatic N) is 3. The van der Waals surface area contributed by atoms with Gasteiger partial charge in [0.2, 0.25) is 5.91 Å². The van der Waals surface area contributed by atoms with Crippen molar-refractivity contribution in [3.05, 3.63) is 65.9 Å². The molecule has 1 unspecified atom stereocenters. The van der Waals surface area contributed by atoms with E-state index in [9.17, 15) is 13.6 Å². The monoisotopic (exact) mass is 413 g/mol. The Kier molecular flexibility index (Phi) is 5.97. The zero-order valence-electron chi connectivity index (χ0n) is 17.0. The van der Waals surface area contributed by atoms with Gasteiger partial charge in [0.05, 0.1) is 17.8 Å². The zero-order valence-corrected chi connectivity index (χ0v) is 17.0. The minimum atomic E-state index is -0.705. The van der Waals surface area contributed by atoms with Crippen LogP contribution in [0.5, 0.6) is 0 Å². The molecule has 3 heterocycles. The molecule has 1 aliphatic heterocycles. The highest BCUT2D eigenvalue weighted by atomic mass is 19.1. The summed E-state index contributed by atoms with van der Waals surface area (Å²) in [7, 11) is 2.00. The third kappa shape index (κ3) is 4.15. The van der Waals surface area contributed by atoms with Crippen LogP contribution in [0, 0.1) is 11.6 Å². The van der Waals surface area contributed by atoms with E-state index < -0.39 is 11.6 Å². The molecule has 0 aliphatic carbocycles. The first-order valence-electron chi connectivity index (χ1n) is 10.3. The van der Waals surface area contributed by atoms with Gasteiger partial charge in [-0.1, -0.05) is 18.9 Å². The molecule has 1 saturated heterocycles. The molecular weight excluding hydrogens is 388 g/mol. The standard InChI is InChI=1S/C23H25F2N3O2/c1-27-13-6-10-18(27)19-9-3-2-4-14-28(19)22(29)12-11-21-26-15-20(30-21)23-16(24)7-5-8-17(23)25/h5-8,10,13,15,19H,2-4,9,11-12,14H2,1H3. The predicted octanol–water partition coefficient (Wildman–Crippen LogP) is 5.03. The SMILES string of the molecule is Cn1cccc1C1CCCCCN1C(=O)CCc1ncc(-c2c(F)cccc2F)o1. The van der Waals surface area contributed by atoms with Crippen molar-refractivity contribution in [3.8, 4) is 11.3 Å². The van der Waals surface area contributed by atoms with E-state index >= 15 is 0 Å². The first-order valence-corrected chi connectivity index (χ1v) is 10.3. The summed E-state index contributed by atoms with van der Waals surface area (Å²) in [6.45, 7) is 0.728. The van der Waals surface area contributed by atoms with Gasteiger partial charge in [-0.2, -0.15) is 0 Å². The van der Waals surface area contributed by atoms with Gasteiger partial charge in [0.15, 0.2) is 11.7 Å². The van der Waals surface area contributed by atoms with E-state index in [4.69, 9.17) is 4.42 Å². The van der Waals surface area contributed by atoms with Gasteiger partial charge in [0.25, 0.3) is 0 Å². The summed E-state index contributed by atoms with van der Waals surface area (Å²) >= 11 is 0. The van der Waals surface area contributed by atoms with Crippen LogP contribution >= 0.6 is 0 Å². The van der Waals surface area contributed by atoms with Gasteiger partial charge in [-0.05, 0) is 37.1 Å². The third-order valence-corrected chi connectivity index (χ3v) is 5.71. The van der Waals surface area contributed by atoms with E-state index in [1.807, 2.05) is 24.2 Å². The highest BCUT2D eigenvalue weighted by Crippen LogP contribution is 2.31. The molecule has 3 aromatic rings. The quantitative estimate of drug-likeness (QED) is 0.589. The highest BCUT2D eigenvalue weighted by molar-refractivity contribution is 5.77. The van der Waals surface area contributed by atoms with Crippen molar-refractivity contribution in [2.45, 2.75) is 44.6 Å². The highest BCUT2D eigenvalue weighted by Gasteiger charge is 2.28. The maximum Gasteiger partial charge on any atom is 0.223 e. The van der Waals surface area contributed by atoms with Gasteiger partial charge in [0, 0.05) is 38.3 Å². The zero-order chi connectivity index (χ0) is 21.1. The van der Waals surface area contributed by atoms with Gasteiger partial charge in [0.1, 0.15) is 11.6 Å². The number of likely N-dealkylation sites (tertiary alicyclic amines) is 1. The molecule has 2 aromatic heterocycles. The summed E-state index contributed by atoms with van der Waals surface area (Å²) in [5.74, 6) is -1.04. The fourth-order valence-electron chi connectivity index (χ4n) is 4.17. The summed E-state index contributed by atoms with van der Waals surface area (Å²) in [4.78, 5) is 19.1. The minimum absolute atomic E-state index is 0.0320. The van der Waals surface area contributed by atoms with Crippen LogP contribution in [0.15, 0.2) is 47.1 Å². The molecule has 4 rings (SSSR count). The Bertz CT molecular complexity index is 1010. The second-order valence-corrected chi connectivity index (χ2v) is 7.71. The number of oxazole rings is 1. The lowest BCUT2D eigenvalue weighted by Gasteiger charge is -2.30. The predicted molar refractivity (Wildman–Crippen MR) is 109 cm³/mol. The van der Waals surface area contributed by atoms with Crippen molar-refractivity contribution < 1.29 is 18.0 Å². The van der Waals surface area contributed by atoms with Crippen molar-refractivity contribution in [3.63, 3.8) is 0 Å². The molecule has 0 saturated carbocycles. The van der Waals surface area contributed by atoms with Crippen LogP contribution in [0.3, 0.4) is 0 Å². The number of amides is 1. The van der Waals surface area contributed by atoms with Crippen molar-refractivity contribution in [2.24, 2.45) is 7.05 Å². The molecule has 1 atom stereocenters. The van der Waals surface area contributed by atoms with Gasteiger partial charge in [-0.3, -0.25) is 4.79 Å². The molecule has 1 aromatic carbocycles. The van der Waals surface area contributed by atoms with Crippen LogP contribution in [-0.4, -0.2) is 26.9 Å². The lowest BCUT2D eigenvalue weighted by atomic mass is 10.1. The fraction of sp³-hybridized carbons (Fsp3) is 0.391. The molecule has 0 N–H and O–H groups in total. The number of rotatable bonds is 5. The van der Waals surface area contributed by atoms with E-state index in [1.54, 1.807) is 0 Å². The van der Waals surface area contributed by atoms with E-state index in [0.29, 0.717) is 5.89 Å². The minimum Gasteiger partial charge on any atom is -0.441 e. The Morgan fingerprint density at radius 1 is 1.17 bits per heavy atom.